The molecule has 2 aromatic heterocycles. The molecule has 0 aliphatic carbocycles. The van der Waals surface area contributed by atoms with Crippen LogP contribution in [0.25, 0.3) is 0 Å². The summed E-state index contributed by atoms with van der Waals surface area (Å²) in [6.07, 6.45) is 3.39. The minimum atomic E-state index is -0.412. The molecule has 24 heavy (non-hydrogen) atoms. The van der Waals surface area contributed by atoms with Crippen LogP contribution < -0.4 is 10.2 Å². The van der Waals surface area contributed by atoms with Crippen molar-refractivity contribution >= 4 is 33.7 Å². The van der Waals surface area contributed by atoms with Crippen LogP contribution in [-0.2, 0) is 4.79 Å². The molecule has 0 atom stereocenters. The second-order valence-electron chi connectivity index (χ2n) is 5.20. The SMILES string of the molecule is O=C(NCC(=O)N1CCN(c2ncccn2)CC1)c1ccc(Br)o1. The number of carbonyl (C=O) groups excluding carboxylic acids is 2. The van der Waals surface area contributed by atoms with Gasteiger partial charge in [-0.05, 0) is 34.1 Å². The molecule has 8 nitrogen and oxygen atoms in total. The molecule has 1 saturated heterocycles. The topological polar surface area (TPSA) is 91.6 Å². The molecule has 1 aliphatic heterocycles. The number of carbonyl (C=O) groups is 2. The summed E-state index contributed by atoms with van der Waals surface area (Å²) in [7, 11) is 0. The molecular formula is C15H16BrN5O3. The maximum atomic E-state index is 12.2. The zero-order chi connectivity index (χ0) is 16.9. The zero-order valence-electron chi connectivity index (χ0n) is 12.8. The number of halogens is 1. The molecule has 0 saturated carbocycles. The van der Waals surface area contributed by atoms with Gasteiger partial charge in [0, 0.05) is 38.6 Å². The molecule has 0 aromatic carbocycles. The Morgan fingerprint density at radius 2 is 1.88 bits per heavy atom. The first-order valence-electron chi connectivity index (χ1n) is 7.47. The van der Waals surface area contributed by atoms with E-state index in [0.29, 0.717) is 36.8 Å². The fraction of sp³-hybridized carbons (Fsp3) is 0.333. The van der Waals surface area contributed by atoms with Crippen molar-refractivity contribution in [2.45, 2.75) is 0 Å². The van der Waals surface area contributed by atoms with Crippen molar-refractivity contribution in [3.63, 3.8) is 0 Å². The zero-order valence-corrected chi connectivity index (χ0v) is 14.4. The van der Waals surface area contributed by atoms with E-state index in [1.807, 2.05) is 4.90 Å². The van der Waals surface area contributed by atoms with Gasteiger partial charge in [-0.2, -0.15) is 0 Å². The number of piperazine rings is 1. The van der Waals surface area contributed by atoms with E-state index >= 15 is 0 Å². The van der Waals surface area contributed by atoms with Gasteiger partial charge in [0.1, 0.15) is 0 Å². The monoisotopic (exact) mass is 393 g/mol. The Labute approximate surface area is 147 Å². The van der Waals surface area contributed by atoms with Crippen molar-refractivity contribution in [1.29, 1.82) is 0 Å². The third-order valence-electron chi connectivity index (χ3n) is 3.66. The largest absolute Gasteiger partial charge is 0.444 e. The molecule has 0 bridgehead atoms. The molecule has 2 amide bonds. The van der Waals surface area contributed by atoms with Crippen LogP contribution in [0.2, 0.25) is 0 Å². The minimum Gasteiger partial charge on any atom is -0.444 e. The number of hydrogen-bond acceptors (Lipinski definition) is 6. The second kappa shape index (κ2) is 7.43. The Bertz CT molecular complexity index is 713. The van der Waals surface area contributed by atoms with Crippen LogP contribution in [-0.4, -0.2) is 59.4 Å². The highest BCUT2D eigenvalue weighted by Crippen LogP contribution is 2.14. The van der Waals surface area contributed by atoms with Crippen molar-refractivity contribution in [3.05, 3.63) is 41.0 Å². The van der Waals surface area contributed by atoms with Crippen molar-refractivity contribution < 1.29 is 14.0 Å². The summed E-state index contributed by atoms with van der Waals surface area (Å²) < 4.78 is 5.62. The first kappa shape index (κ1) is 16.4. The number of anilines is 1. The summed E-state index contributed by atoms with van der Waals surface area (Å²) in [4.78, 5) is 36.2. The highest BCUT2D eigenvalue weighted by atomic mass is 79.9. The normalized spacial score (nSPS) is 14.5. The molecular weight excluding hydrogens is 378 g/mol. The quantitative estimate of drug-likeness (QED) is 0.829. The Balaban J connectivity index is 1.46. The smallest absolute Gasteiger partial charge is 0.287 e. The van der Waals surface area contributed by atoms with Gasteiger partial charge in [-0.15, -0.1) is 0 Å². The molecule has 1 N–H and O–H groups in total. The molecule has 0 radical (unpaired) electrons. The lowest BCUT2D eigenvalue weighted by molar-refractivity contribution is -0.130. The summed E-state index contributed by atoms with van der Waals surface area (Å²) in [6, 6.07) is 4.94. The minimum absolute atomic E-state index is 0.0566. The van der Waals surface area contributed by atoms with E-state index in [-0.39, 0.29) is 18.2 Å². The highest BCUT2D eigenvalue weighted by molar-refractivity contribution is 9.10. The predicted molar refractivity (Wildman–Crippen MR) is 89.6 cm³/mol. The van der Waals surface area contributed by atoms with Gasteiger partial charge in [-0.3, -0.25) is 9.59 Å². The van der Waals surface area contributed by atoms with Crippen molar-refractivity contribution in [2.75, 3.05) is 37.6 Å². The van der Waals surface area contributed by atoms with Crippen LogP contribution in [0.1, 0.15) is 10.6 Å². The van der Waals surface area contributed by atoms with Gasteiger partial charge < -0.3 is 19.5 Å². The Morgan fingerprint density at radius 3 is 2.50 bits per heavy atom. The molecule has 2 aromatic rings. The molecule has 9 heteroatoms. The molecule has 1 aliphatic rings. The molecule has 0 spiro atoms. The van der Waals surface area contributed by atoms with Gasteiger partial charge in [0.15, 0.2) is 10.4 Å². The number of nitrogens with zero attached hydrogens (tertiary/aromatic N) is 4. The lowest BCUT2D eigenvalue weighted by atomic mass is 10.3. The van der Waals surface area contributed by atoms with Gasteiger partial charge in [0.2, 0.25) is 11.9 Å². The first-order chi connectivity index (χ1) is 11.6. The van der Waals surface area contributed by atoms with E-state index in [2.05, 4.69) is 31.2 Å². The summed E-state index contributed by atoms with van der Waals surface area (Å²) >= 11 is 3.13. The van der Waals surface area contributed by atoms with Crippen molar-refractivity contribution in [1.82, 2.24) is 20.2 Å². The Morgan fingerprint density at radius 1 is 1.17 bits per heavy atom. The average Bonchev–Trinajstić information content (AvgIpc) is 3.07. The van der Waals surface area contributed by atoms with E-state index in [1.54, 1.807) is 35.5 Å². The number of furan rings is 1. The summed E-state index contributed by atoms with van der Waals surface area (Å²) in [6.45, 7) is 2.40. The van der Waals surface area contributed by atoms with Crippen molar-refractivity contribution in [3.8, 4) is 0 Å². The third kappa shape index (κ3) is 3.91. The van der Waals surface area contributed by atoms with Gasteiger partial charge in [-0.25, -0.2) is 9.97 Å². The summed E-state index contributed by atoms with van der Waals surface area (Å²) in [5, 5.41) is 2.57. The fourth-order valence-corrected chi connectivity index (χ4v) is 2.71. The summed E-state index contributed by atoms with van der Waals surface area (Å²) in [5.74, 6) is 0.301. The highest BCUT2D eigenvalue weighted by Gasteiger charge is 2.23. The summed E-state index contributed by atoms with van der Waals surface area (Å²) in [5.41, 5.74) is 0. The third-order valence-corrected chi connectivity index (χ3v) is 4.09. The van der Waals surface area contributed by atoms with Crippen LogP contribution in [0.5, 0.6) is 0 Å². The lowest BCUT2D eigenvalue weighted by Crippen LogP contribution is -2.51. The maximum Gasteiger partial charge on any atom is 0.287 e. The van der Waals surface area contributed by atoms with Crippen LogP contribution in [0.15, 0.2) is 39.7 Å². The van der Waals surface area contributed by atoms with E-state index in [9.17, 15) is 9.59 Å². The first-order valence-corrected chi connectivity index (χ1v) is 8.26. The van der Waals surface area contributed by atoms with E-state index in [1.165, 1.54) is 0 Å². The average molecular weight is 394 g/mol. The van der Waals surface area contributed by atoms with Gasteiger partial charge >= 0.3 is 0 Å². The number of amides is 2. The predicted octanol–water partition coefficient (Wildman–Crippen LogP) is 0.911. The maximum absolute atomic E-state index is 12.2. The molecule has 126 valence electrons. The lowest BCUT2D eigenvalue weighted by Gasteiger charge is -2.34. The molecule has 1 fully saturated rings. The standard InChI is InChI=1S/C15H16BrN5O3/c16-12-3-2-11(24-12)14(23)19-10-13(22)20-6-8-21(9-7-20)15-17-4-1-5-18-15/h1-5H,6-10H2,(H,19,23). The van der Waals surface area contributed by atoms with Crippen molar-refractivity contribution in [2.24, 2.45) is 0 Å². The van der Waals surface area contributed by atoms with Crippen LogP contribution >= 0.6 is 15.9 Å². The van der Waals surface area contributed by atoms with Gasteiger partial charge in [0.05, 0.1) is 6.54 Å². The molecule has 0 unspecified atom stereocenters. The molecule has 3 heterocycles. The number of hydrogen-bond donors (Lipinski definition) is 1. The van der Waals surface area contributed by atoms with E-state index in [0.717, 1.165) is 0 Å². The van der Waals surface area contributed by atoms with Crippen LogP contribution in [0.3, 0.4) is 0 Å². The van der Waals surface area contributed by atoms with Gasteiger partial charge in [-0.1, -0.05) is 0 Å². The van der Waals surface area contributed by atoms with Crippen LogP contribution in [0.4, 0.5) is 5.95 Å². The Hall–Kier alpha value is -2.42. The number of nitrogens with one attached hydrogen (secondary N) is 1. The number of rotatable bonds is 4. The number of aromatic nitrogens is 2. The second-order valence-corrected chi connectivity index (χ2v) is 5.98. The fourth-order valence-electron chi connectivity index (χ4n) is 2.40. The van der Waals surface area contributed by atoms with Gasteiger partial charge in [0.25, 0.3) is 5.91 Å². The van der Waals surface area contributed by atoms with E-state index in [4.69, 9.17) is 4.42 Å². The molecule has 3 rings (SSSR count). The van der Waals surface area contributed by atoms with E-state index < -0.39 is 5.91 Å². The Kier molecular flexibility index (Phi) is 5.09. The van der Waals surface area contributed by atoms with Crippen LogP contribution in [0, 0.1) is 0 Å².